The molecule has 5 heteroatoms. The predicted octanol–water partition coefficient (Wildman–Crippen LogP) is 2.90. The number of nitrogens with zero attached hydrogens (tertiary/aromatic N) is 1. The van der Waals surface area contributed by atoms with Gasteiger partial charge in [0.1, 0.15) is 0 Å². The highest BCUT2D eigenvalue weighted by molar-refractivity contribution is 6.02. The number of nitrogens with two attached hydrogens (primary N) is 1. The van der Waals surface area contributed by atoms with Crippen molar-refractivity contribution in [2.75, 3.05) is 0 Å². The number of hydrogen-bond donors (Lipinski definition) is 1. The lowest BCUT2D eigenvalue weighted by atomic mass is 9.64. The van der Waals surface area contributed by atoms with Crippen LogP contribution < -0.4 is 5.73 Å². The molecule has 3 rings (SSSR count). The van der Waals surface area contributed by atoms with E-state index in [-0.39, 0.29) is 16.7 Å². The first kappa shape index (κ1) is 15.7. The van der Waals surface area contributed by atoms with Crippen molar-refractivity contribution in [1.29, 1.82) is 0 Å². The highest BCUT2D eigenvalue weighted by Gasteiger charge is 2.71. The molecule has 1 aromatic rings. The summed E-state index contributed by atoms with van der Waals surface area (Å²) in [6.45, 7) is 6.21. The van der Waals surface area contributed by atoms with Crippen LogP contribution in [0.15, 0.2) is 35.5 Å². The first-order chi connectivity index (χ1) is 10.7. The number of oxime groups is 1. The van der Waals surface area contributed by atoms with Gasteiger partial charge < -0.3 is 10.6 Å². The van der Waals surface area contributed by atoms with E-state index in [2.05, 4.69) is 25.9 Å². The molecule has 0 spiro atoms. The SMILES string of the molecule is CC12CCC(C(N)=O)(CC1=NOC(=O)c1ccccc1)C2(C)C. The minimum Gasteiger partial charge on any atom is -0.369 e. The minimum absolute atomic E-state index is 0.279. The Morgan fingerprint density at radius 3 is 2.35 bits per heavy atom. The molecule has 2 fully saturated rings. The molecule has 0 saturated heterocycles. The predicted molar refractivity (Wildman–Crippen MR) is 86.7 cm³/mol. The van der Waals surface area contributed by atoms with E-state index in [9.17, 15) is 9.59 Å². The van der Waals surface area contributed by atoms with Gasteiger partial charge in [-0.1, -0.05) is 44.1 Å². The summed E-state index contributed by atoms with van der Waals surface area (Å²) in [5, 5.41) is 4.14. The summed E-state index contributed by atoms with van der Waals surface area (Å²) < 4.78 is 0. The second kappa shape index (κ2) is 4.91. The van der Waals surface area contributed by atoms with Crippen LogP contribution >= 0.6 is 0 Å². The fourth-order valence-corrected chi connectivity index (χ4v) is 4.29. The van der Waals surface area contributed by atoms with E-state index in [4.69, 9.17) is 10.6 Å². The third-order valence-corrected chi connectivity index (χ3v) is 6.45. The number of primary amides is 1. The molecule has 2 N–H and O–H groups in total. The van der Waals surface area contributed by atoms with Gasteiger partial charge in [0.25, 0.3) is 0 Å². The number of benzene rings is 1. The van der Waals surface area contributed by atoms with Gasteiger partial charge in [-0.25, -0.2) is 4.79 Å². The van der Waals surface area contributed by atoms with Crippen LogP contribution in [0.2, 0.25) is 0 Å². The molecule has 0 radical (unpaired) electrons. The van der Waals surface area contributed by atoms with Crippen molar-refractivity contribution in [3.05, 3.63) is 35.9 Å². The van der Waals surface area contributed by atoms with Gasteiger partial charge in [0, 0.05) is 11.8 Å². The zero-order valence-corrected chi connectivity index (χ0v) is 13.8. The van der Waals surface area contributed by atoms with Gasteiger partial charge in [-0.15, -0.1) is 0 Å². The molecule has 0 aromatic heterocycles. The standard InChI is InChI=1S/C18H22N2O3/c1-16(2)17(3)9-10-18(16,15(19)22)11-13(17)20-23-14(21)12-7-5-4-6-8-12/h4-8H,9-11H2,1-3H3,(H2,19,22). The lowest BCUT2D eigenvalue weighted by molar-refractivity contribution is -0.132. The normalized spacial score (nSPS) is 32.9. The van der Waals surface area contributed by atoms with Crippen molar-refractivity contribution in [3.63, 3.8) is 0 Å². The maximum Gasteiger partial charge on any atom is 0.365 e. The summed E-state index contributed by atoms with van der Waals surface area (Å²) in [5.74, 6) is -0.777. The molecule has 2 atom stereocenters. The lowest BCUT2D eigenvalue weighted by Gasteiger charge is -2.38. The van der Waals surface area contributed by atoms with Crippen molar-refractivity contribution in [2.45, 2.75) is 40.0 Å². The van der Waals surface area contributed by atoms with Crippen LogP contribution in [-0.4, -0.2) is 17.6 Å². The average Bonchev–Trinajstić information content (AvgIpc) is 2.83. The van der Waals surface area contributed by atoms with Gasteiger partial charge in [-0.2, -0.15) is 0 Å². The fraction of sp³-hybridized carbons (Fsp3) is 0.500. The number of carbonyl (C=O) groups excluding carboxylic acids is 2. The van der Waals surface area contributed by atoms with Crippen molar-refractivity contribution < 1.29 is 14.4 Å². The first-order valence-corrected chi connectivity index (χ1v) is 7.88. The number of fused-ring (bicyclic) bond motifs is 2. The Balaban J connectivity index is 1.88. The van der Waals surface area contributed by atoms with Gasteiger partial charge in [-0.05, 0) is 30.4 Å². The fourth-order valence-electron chi connectivity index (χ4n) is 4.29. The quantitative estimate of drug-likeness (QED) is 0.688. The third kappa shape index (κ3) is 1.95. The molecule has 2 saturated carbocycles. The smallest absolute Gasteiger partial charge is 0.365 e. The van der Waals surface area contributed by atoms with Gasteiger partial charge in [0.05, 0.1) is 16.7 Å². The maximum atomic E-state index is 12.1. The summed E-state index contributed by atoms with van der Waals surface area (Å²) in [6, 6.07) is 8.74. The van der Waals surface area contributed by atoms with Crippen LogP contribution in [0.3, 0.4) is 0 Å². The number of hydrogen-bond acceptors (Lipinski definition) is 4. The van der Waals surface area contributed by atoms with Crippen molar-refractivity contribution in [1.82, 2.24) is 0 Å². The number of rotatable bonds is 3. The second-order valence-electron chi connectivity index (χ2n) is 7.36. The van der Waals surface area contributed by atoms with Gasteiger partial charge in [-0.3, -0.25) is 4.79 Å². The molecule has 2 aliphatic carbocycles. The van der Waals surface area contributed by atoms with Crippen molar-refractivity contribution in [2.24, 2.45) is 27.1 Å². The van der Waals surface area contributed by atoms with Crippen LogP contribution in [0, 0.1) is 16.2 Å². The molecule has 2 unspecified atom stereocenters. The first-order valence-electron chi connectivity index (χ1n) is 7.88. The number of amides is 1. The largest absolute Gasteiger partial charge is 0.369 e. The Hall–Kier alpha value is -2.17. The van der Waals surface area contributed by atoms with E-state index in [1.807, 2.05) is 6.07 Å². The van der Waals surface area contributed by atoms with E-state index in [0.29, 0.717) is 12.0 Å². The Kier molecular flexibility index (Phi) is 3.36. The Morgan fingerprint density at radius 2 is 1.78 bits per heavy atom. The van der Waals surface area contributed by atoms with Crippen molar-refractivity contribution in [3.8, 4) is 0 Å². The summed E-state index contributed by atoms with van der Waals surface area (Å²) in [5.41, 5.74) is 5.75. The second-order valence-corrected chi connectivity index (χ2v) is 7.36. The lowest BCUT2D eigenvalue weighted by Crippen LogP contribution is -2.44. The van der Waals surface area contributed by atoms with Crippen LogP contribution in [0.4, 0.5) is 0 Å². The van der Waals surface area contributed by atoms with E-state index in [0.717, 1.165) is 18.6 Å². The third-order valence-electron chi connectivity index (χ3n) is 6.45. The van der Waals surface area contributed by atoms with Crippen LogP contribution in [0.5, 0.6) is 0 Å². The van der Waals surface area contributed by atoms with E-state index >= 15 is 0 Å². The molecular weight excluding hydrogens is 292 g/mol. The molecular formula is C18H22N2O3. The monoisotopic (exact) mass is 314 g/mol. The molecule has 5 nitrogen and oxygen atoms in total. The summed E-state index contributed by atoms with van der Waals surface area (Å²) in [6.07, 6.45) is 2.05. The molecule has 1 aromatic carbocycles. The van der Waals surface area contributed by atoms with Crippen LogP contribution in [0.25, 0.3) is 0 Å². The van der Waals surface area contributed by atoms with Gasteiger partial charge in [0.2, 0.25) is 5.91 Å². The average molecular weight is 314 g/mol. The van der Waals surface area contributed by atoms with Crippen molar-refractivity contribution >= 4 is 17.6 Å². The number of carbonyl (C=O) groups is 2. The summed E-state index contributed by atoms with van der Waals surface area (Å²) in [7, 11) is 0. The Morgan fingerprint density at radius 1 is 1.13 bits per heavy atom. The van der Waals surface area contributed by atoms with Gasteiger partial charge >= 0.3 is 5.97 Å². The zero-order chi connectivity index (χ0) is 16.9. The zero-order valence-electron chi connectivity index (χ0n) is 13.8. The van der Waals surface area contributed by atoms with Crippen LogP contribution in [-0.2, 0) is 9.63 Å². The molecule has 2 bridgehead atoms. The van der Waals surface area contributed by atoms with E-state index in [1.54, 1.807) is 24.3 Å². The van der Waals surface area contributed by atoms with Crippen LogP contribution in [0.1, 0.15) is 50.4 Å². The maximum absolute atomic E-state index is 12.1. The topological polar surface area (TPSA) is 81.8 Å². The van der Waals surface area contributed by atoms with Gasteiger partial charge in [0.15, 0.2) is 0 Å². The minimum atomic E-state index is -0.597. The molecule has 0 heterocycles. The Bertz CT molecular complexity index is 695. The molecule has 0 aliphatic heterocycles. The summed E-state index contributed by atoms with van der Waals surface area (Å²) in [4.78, 5) is 29.3. The molecule has 23 heavy (non-hydrogen) atoms. The van der Waals surface area contributed by atoms with E-state index in [1.165, 1.54) is 0 Å². The van der Waals surface area contributed by atoms with E-state index < -0.39 is 11.4 Å². The Labute approximate surface area is 135 Å². The highest BCUT2D eigenvalue weighted by atomic mass is 16.7. The summed E-state index contributed by atoms with van der Waals surface area (Å²) >= 11 is 0. The molecule has 2 aliphatic rings. The molecule has 1 amide bonds. The highest BCUT2D eigenvalue weighted by Crippen LogP contribution is 2.70. The molecule has 122 valence electrons.